The van der Waals surface area contributed by atoms with Gasteiger partial charge in [-0.05, 0) is 13.0 Å². The number of rotatable bonds is 2. The third-order valence-electron chi connectivity index (χ3n) is 3.59. The van der Waals surface area contributed by atoms with Gasteiger partial charge in [-0.15, -0.1) is 0 Å². The van der Waals surface area contributed by atoms with Crippen LogP contribution in [0.5, 0.6) is 11.5 Å². The van der Waals surface area contributed by atoms with Crippen molar-refractivity contribution >= 4 is 15.7 Å². The van der Waals surface area contributed by atoms with Crippen LogP contribution in [-0.2, 0) is 10.0 Å². The maximum absolute atomic E-state index is 11.7. The highest BCUT2D eigenvalue weighted by Crippen LogP contribution is 2.40. The summed E-state index contributed by atoms with van der Waals surface area (Å²) in [5, 5.41) is 9.42. The number of nitrogens with zero attached hydrogens (tertiary/aromatic N) is 3. The van der Waals surface area contributed by atoms with Gasteiger partial charge in [-0.1, -0.05) is 12.1 Å². The van der Waals surface area contributed by atoms with Crippen molar-refractivity contribution in [2.75, 3.05) is 6.79 Å². The molecule has 0 saturated heterocycles. The van der Waals surface area contributed by atoms with E-state index in [4.69, 9.17) is 14.6 Å². The summed E-state index contributed by atoms with van der Waals surface area (Å²) in [6, 6.07) is 5.53. The molecule has 0 aliphatic carbocycles. The van der Waals surface area contributed by atoms with Crippen LogP contribution in [-0.4, -0.2) is 29.8 Å². The molecule has 0 unspecified atom stereocenters. The molecule has 0 spiro atoms. The van der Waals surface area contributed by atoms with Crippen LogP contribution in [0.4, 0.5) is 0 Å². The van der Waals surface area contributed by atoms with Gasteiger partial charge in [0.2, 0.25) is 16.8 Å². The Balaban J connectivity index is 1.94. The predicted octanol–water partition coefficient (Wildman–Crippen LogP) is 1.08. The molecule has 0 fully saturated rings. The molecule has 8 nitrogen and oxygen atoms in total. The highest BCUT2D eigenvalue weighted by atomic mass is 32.2. The zero-order valence-corrected chi connectivity index (χ0v) is 12.9. The molecular weight excluding hydrogens is 320 g/mol. The molecule has 9 heteroatoms. The third kappa shape index (κ3) is 2.13. The van der Waals surface area contributed by atoms with Crippen LogP contribution in [0.3, 0.4) is 0 Å². The van der Waals surface area contributed by atoms with Crippen molar-refractivity contribution in [3.63, 3.8) is 0 Å². The van der Waals surface area contributed by atoms with Gasteiger partial charge in [0.25, 0.3) is 0 Å². The average Bonchev–Trinajstić information content (AvgIpc) is 3.07. The van der Waals surface area contributed by atoms with E-state index in [0.29, 0.717) is 17.2 Å². The quantitative estimate of drug-likeness (QED) is 0.752. The zero-order valence-electron chi connectivity index (χ0n) is 12.1. The Bertz CT molecular complexity index is 1040. The lowest BCUT2D eigenvalue weighted by Crippen LogP contribution is -2.13. The third-order valence-corrected chi connectivity index (χ3v) is 4.63. The normalized spacial score (nSPS) is 13.7. The standard InChI is InChI=1S/C14H12N4O4S/c1-8-13(23(15,19)20)14-16-5-9(6-18(14)17-8)10-3-2-4-11-12(10)22-7-21-11/h2-6H,7H2,1H3,(H2,15,19,20). The number of primary sulfonamides is 1. The van der Waals surface area contributed by atoms with Gasteiger partial charge in [0.1, 0.15) is 4.90 Å². The molecule has 3 heterocycles. The molecular formula is C14H12N4O4S. The maximum Gasteiger partial charge on any atom is 0.243 e. The van der Waals surface area contributed by atoms with Crippen LogP contribution in [0.1, 0.15) is 5.69 Å². The Hall–Kier alpha value is -2.65. The van der Waals surface area contributed by atoms with E-state index < -0.39 is 10.0 Å². The van der Waals surface area contributed by atoms with E-state index in [1.54, 1.807) is 19.3 Å². The fraction of sp³-hybridized carbons (Fsp3) is 0.143. The molecule has 118 valence electrons. The van der Waals surface area contributed by atoms with E-state index in [2.05, 4.69) is 10.1 Å². The van der Waals surface area contributed by atoms with Crippen LogP contribution >= 0.6 is 0 Å². The van der Waals surface area contributed by atoms with E-state index in [9.17, 15) is 8.42 Å². The molecule has 0 amide bonds. The number of ether oxygens (including phenoxy) is 2. The van der Waals surface area contributed by atoms with Crippen LogP contribution in [0, 0.1) is 6.92 Å². The highest BCUT2D eigenvalue weighted by molar-refractivity contribution is 7.89. The monoisotopic (exact) mass is 332 g/mol. The first-order valence-corrected chi connectivity index (χ1v) is 8.26. The number of hydrogen-bond donors (Lipinski definition) is 1. The number of nitrogens with two attached hydrogens (primary N) is 1. The van der Waals surface area contributed by atoms with Crippen molar-refractivity contribution in [2.24, 2.45) is 5.14 Å². The Kier molecular flexibility index (Phi) is 2.84. The fourth-order valence-electron chi connectivity index (χ4n) is 2.65. The number of benzene rings is 1. The first-order chi connectivity index (χ1) is 10.9. The van der Waals surface area contributed by atoms with Gasteiger partial charge < -0.3 is 9.47 Å². The number of fused-ring (bicyclic) bond motifs is 2. The number of hydrogen-bond acceptors (Lipinski definition) is 6. The molecule has 0 saturated carbocycles. The molecule has 0 atom stereocenters. The van der Waals surface area contributed by atoms with E-state index >= 15 is 0 Å². The first-order valence-electron chi connectivity index (χ1n) is 6.72. The molecule has 1 aliphatic heterocycles. The average molecular weight is 332 g/mol. The molecule has 2 aromatic heterocycles. The van der Waals surface area contributed by atoms with Gasteiger partial charge >= 0.3 is 0 Å². The summed E-state index contributed by atoms with van der Waals surface area (Å²) in [5.74, 6) is 1.29. The van der Waals surface area contributed by atoms with E-state index in [0.717, 1.165) is 11.1 Å². The van der Waals surface area contributed by atoms with Gasteiger partial charge in [-0.2, -0.15) is 5.10 Å². The predicted molar refractivity (Wildman–Crippen MR) is 80.7 cm³/mol. The maximum atomic E-state index is 11.7. The minimum Gasteiger partial charge on any atom is -0.454 e. The first kappa shape index (κ1) is 14.0. The minimum absolute atomic E-state index is 0.0677. The van der Waals surface area contributed by atoms with Crippen molar-refractivity contribution in [2.45, 2.75) is 11.8 Å². The molecule has 2 N–H and O–H groups in total. The van der Waals surface area contributed by atoms with Crippen LogP contribution < -0.4 is 14.6 Å². The molecule has 0 radical (unpaired) electrons. The number of sulfonamides is 1. The number of aryl methyl sites for hydroxylation is 1. The largest absolute Gasteiger partial charge is 0.454 e. The van der Waals surface area contributed by atoms with E-state index in [1.165, 1.54) is 4.52 Å². The van der Waals surface area contributed by atoms with E-state index in [1.807, 2.05) is 18.2 Å². The topological polar surface area (TPSA) is 109 Å². The summed E-state index contributed by atoms with van der Waals surface area (Å²) in [4.78, 5) is 4.15. The molecule has 1 aliphatic rings. The smallest absolute Gasteiger partial charge is 0.243 e. The summed E-state index contributed by atoms with van der Waals surface area (Å²) in [7, 11) is -3.89. The SMILES string of the molecule is Cc1nn2cc(-c3cccc4c3OCO4)cnc2c1S(N)(=O)=O. The summed E-state index contributed by atoms with van der Waals surface area (Å²) < 4.78 is 35.6. The second kappa shape index (κ2) is 4.67. The summed E-state index contributed by atoms with van der Waals surface area (Å²) in [5.41, 5.74) is 2.01. The highest BCUT2D eigenvalue weighted by Gasteiger charge is 2.23. The van der Waals surface area contributed by atoms with Crippen LogP contribution in [0.2, 0.25) is 0 Å². The van der Waals surface area contributed by atoms with Gasteiger partial charge in [0, 0.05) is 23.5 Å². The number of aromatic nitrogens is 3. The lowest BCUT2D eigenvalue weighted by molar-refractivity contribution is 0.174. The second-order valence-electron chi connectivity index (χ2n) is 5.11. The van der Waals surface area contributed by atoms with Crippen LogP contribution in [0.15, 0.2) is 35.5 Å². The number of para-hydroxylation sites is 1. The Morgan fingerprint density at radius 1 is 1.30 bits per heavy atom. The van der Waals surface area contributed by atoms with Gasteiger partial charge in [-0.3, -0.25) is 0 Å². The Morgan fingerprint density at radius 2 is 2.13 bits per heavy atom. The van der Waals surface area contributed by atoms with Crippen molar-refractivity contribution < 1.29 is 17.9 Å². The zero-order chi connectivity index (χ0) is 16.2. The Morgan fingerprint density at radius 3 is 2.91 bits per heavy atom. The fourth-order valence-corrected chi connectivity index (χ4v) is 3.51. The van der Waals surface area contributed by atoms with Crippen molar-refractivity contribution in [3.05, 3.63) is 36.3 Å². The van der Waals surface area contributed by atoms with Crippen molar-refractivity contribution in [3.8, 4) is 22.6 Å². The van der Waals surface area contributed by atoms with Gasteiger partial charge in [0.15, 0.2) is 17.1 Å². The Labute approximate surface area is 131 Å². The molecule has 0 bridgehead atoms. The summed E-state index contributed by atoms with van der Waals surface area (Å²) >= 11 is 0. The van der Waals surface area contributed by atoms with Crippen molar-refractivity contribution in [1.82, 2.24) is 14.6 Å². The van der Waals surface area contributed by atoms with Gasteiger partial charge in [-0.25, -0.2) is 23.1 Å². The molecule has 3 aromatic rings. The summed E-state index contributed by atoms with van der Waals surface area (Å²) in [6.07, 6.45) is 3.24. The second-order valence-corrected chi connectivity index (χ2v) is 6.61. The molecule has 4 rings (SSSR count). The molecule has 23 heavy (non-hydrogen) atoms. The lowest BCUT2D eigenvalue weighted by atomic mass is 10.1. The van der Waals surface area contributed by atoms with Gasteiger partial charge in [0.05, 0.1) is 5.69 Å². The van der Waals surface area contributed by atoms with Crippen LogP contribution in [0.25, 0.3) is 16.8 Å². The van der Waals surface area contributed by atoms with Crippen molar-refractivity contribution in [1.29, 1.82) is 0 Å². The minimum atomic E-state index is -3.89. The summed E-state index contributed by atoms with van der Waals surface area (Å²) in [6.45, 7) is 1.74. The lowest BCUT2D eigenvalue weighted by Gasteiger charge is -2.06. The van der Waals surface area contributed by atoms with E-state index in [-0.39, 0.29) is 17.3 Å². The molecule has 1 aromatic carbocycles.